The number of phenols is 1. The van der Waals surface area contributed by atoms with E-state index < -0.39 is 11.7 Å². The molecule has 0 aromatic heterocycles. The van der Waals surface area contributed by atoms with Crippen LogP contribution in [0.5, 0.6) is 11.5 Å². The normalized spacial score (nSPS) is 17.3. The summed E-state index contributed by atoms with van der Waals surface area (Å²) in [6.45, 7) is 7.72. The Morgan fingerprint density at radius 1 is 1.50 bits per heavy atom. The van der Waals surface area contributed by atoms with Crippen molar-refractivity contribution in [3.05, 3.63) is 23.3 Å². The summed E-state index contributed by atoms with van der Waals surface area (Å²) in [7, 11) is 0. The molecule has 1 aliphatic heterocycles. The van der Waals surface area contributed by atoms with Crippen LogP contribution < -0.4 is 10.1 Å². The SMILES string of the molecule is Cc1cc(O)c2c(c1)CC(CNC(=O)OC(C)(C)C)O2. The largest absolute Gasteiger partial charge is 0.504 e. The van der Waals surface area contributed by atoms with E-state index in [1.807, 2.05) is 33.8 Å². The molecule has 0 spiro atoms. The van der Waals surface area contributed by atoms with E-state index in [2.05, 4.69) is 5.32 Å². The molecule has 0 bridgehead atoms. The van der Waals surface area contributed by atoms with Crippen LogP contribution in [0.15, 0.2) is 12.1 Å². The highest BCUT2D eigenvalue weighted by Crippen LogP contribution is 2.37. The summed E-state index contributed by atoms with van der Waals surface area (Å²) in [5, 5.41) is 12.5. The molecule has 0 saturated heterocycles. The Bertz CT molecular complexity index is 519. The summed E-state index contributed by atoms with van der Waals surface area (Å²) in [6.07, 6.45) is 0.0306. The molecule has 0 radical (unpaired) electrons. The summed E-state index contributed by atoms with van der Waals surface area (Å²) >= 11 is 0. The van der Waals surface area contributed by atoms with E-state index >= 15 is 0 Å². The first-order valence-electron chi connectivity index (χ1n) is 6.70. The van der Waals surface area contributed by atoms with Crippen LogP contribution in [0.2, 0.25) is 0 Å². The van der Waals surface area contributed by atoms with Crippen molar-refractivity contribution in [3.8, 4) is 11.5 Å². The van der Waals surface area contributed by atoms with Crippen LogP contribution in [0, 0.1) is 6.92 Å². The van der Waals surface area contributed by atoms with Crippen LogP contribution >= 0.6 is 0 Å². The molecule has 1 atom stereocenters. The number of benzene rings is 1. The highest BCUT2D eigenvalue weighted by Gasteiger charge is 2.27. The molecule has 1 aliphatic rings. The Hall–Kier alpha value is -1.91. The summed E-state index contributed by atoms with van der Waals surface area (Å²) < 4.78 is 10.8. The number of nitrogens with one attached hydrogen (secondary N) is 1. The van der Waals surface area contributed by atoms with Crippen molar-refractivity contribution in [1.29, 1.82) is 0 Å². The maximum atomic E-state index is 11.6. The zero-order valence-electron chi connectivity index (χ0n) is 12.3. The Labute approximate surface area is 118 Å². The maximum Gasteiger partial charge on any atom is 0.407 e. The quantitative estimate of drug-likeness (QED) is 0.873. The smallest absolute Gasteiger partial charge is 0.407 e. The van der Waals surface area contributed by atoms with Gasteiger partial charge in [0.1, 0.15) is 11.7 Å². The topological polar surface area (TPSA) is 67.8 Å². The monoisotopic (exact) mass is 279 g/mol. The van der Waals surface area contributed by atoms with E-state index in [4.69, 9.17) is 9.47 Å². The number of rotatable bonds is 2. The van der Waals surface area contributed by atoms with Crippen molar-refractivity contribution >= 4 is 6.09 Å². The zero-order chi connectivity index (χ0) is 14.9. The van der Waals surface area contributed by atoms with E-state index in [9.17, 15) is 9.90 Å². The number of carbonyl (C=O) groups is 1. The molecular formula is C15H21NO4. The van der Waals surface area contributed by atoms with Gasteiger partial charge in [-0.05, 0) is 39.3 Å². The molecule has 1 heterocycles. The lowest BCUT2D eigenvalue weighted by Crippen LogP contribution is -2.38. The average molecular weight is 279 g/mol. The minimum absolute atomic E-state index is 0.153. The second kappa shape index (κ2) is 5.23. The highest BCUT2D eigenvalue weighted by atomic mass is 16.6. The summed E-state index contributed by atoms with van der Waals surface area (Å²) in [4.78, 5) is 11.6. The molecule has 0 saturated carbocycles. The molecule has 0 aliphatic carbocycles. The minimum Gasteiger partial charge on any atom is -0.504 e. The predicted octanol–water partition coefficient (Wildman–Crippen LogP) is 2.53. The van der Waals surface area contributed by atoms with E-state index in [0.29, 0.717) is 18.7 Å². The molecule has 1 aromatic rings. The highest BCUT2D eigenvalue weighted by molar-refractivity contribution is 5.67. The van der Waals surface area contributed by atoms with Crippen molar-refractivity contribution < 1.29 is 19.4 Å². The fourth-order valence-electron chi connectivity index (χ4n) is 2.19. The lowest BCUT2D eigenvalue weighted by molar-refractivity contribution is 0.0506. The number of phenolic OH excluding ortho intramolecular Hbond substituents is 1. The van der Waals surface area contributed by atoms with Crippen LogP contribution in [0.4, 0.5) is 4.79 Å². The van der Waals surface area contributed by atoms with Gasteiger partial charge in [-0.1, -0.05) is 6.07 Å². The number of aryl methyl sites for hydroxylation is 1. The lowest BCUT2D eigenvalue weighted by Gasteiger charge is -2.20. The van der Waals surface area contributed by atoms with Crippen LogP contribution in [0.25, 0.3) is 0 Å². The van der Waals surface area contributed by atoms with Crippen LogP contribution in [0.1, 0.15) is 31.9 Å². The van der Waals surface area contributed by atoms with E-state index in [-0.39, 0.29) is 11.9 Å². The molecule has 20 heavy (non-hydrogen) atoms. The Balaban J connectivity index is 1.89. The molecule has 2 N–H and O–H groups in total. The van der Waals surface area contributed by atoms with Gasteiger partial charge in [0.15, 0.2) is 11.5 Å². The fourth-order valence-corrected chi connectivity index (χ4v) is 2.19. The third kappa shape index (κ3) is 3.56. The zero-order valence-corrected chi connectivity index (χ0v) is 12.3. The summed E-state index contributed by atoms with van der Waals surface area (Å²) in [5.74, 6) is 0.673. The molecular weight excluding hydrogens is 258 g/mol. The third-order valence-electron chi connectivity index (χ3n) is 2.90. The molecule has 5 nitrogen and oxygen atoms in total. The summed E-state index contributed by atoms with van der Waals surface area (Å²) in [6, 6.07) is 3.66. The standard InChI is InChI=1S/C15H21NO4/c1-9-5-10-7-11(19-13(10)12(17)6-9)8-16-14(18)20-15(2,3)4/h5-6,11,17H,7-8H2,1-4H3,(H,16,18). The van der Waals surface area contributed by atoms with Gasteiger partial charge in [0.2, 0.25) is 0 Å². The molecule has 2 rings (SSSR count). The Morgan fingerprint density at radius 3 is 2.85 bits per heavy atom. The molecule has 1 unspecified atom stereocenters. The van der Waals surface area contributed by atoms with Crippen molar-refractivity contribution in [2.24, 2.45) is 0 Å². The predicted molar refractivity (Wildman–Crippen MR) is 75.2 cm³/mol. The number of hydrogen-bond acceptors (Lipinski definition) is 4. The average Bonchev–Trinajstić information content (AvgIpc) is 2.67. The van der Waals surface area contributed by atoms with E-state index in [0.717, 1.165) is 11.1 Å². The molecule has 0 fully saturated rings. The van der Waals surface area contributed by atoms with Crippen molar-refractivity contribution in [3.63, 3.8) is 0 Å². The molecule has 110 valence electrons. The molecule has 1 aromatic carbocycles. The van der Waals surface area contributed by atoms with Gasteiger partial charge in [0, 0.05) is 12.0 Å². The fraction of sp³-hybridized carbons (Fsp3) is 0.533. The number of aromatic hydroxyl groups is 1. The van der Waals surface area contributed by atoms with Gasteiger partial charge >= 0.3 is 6.09 Å². The van der Waals surface area contributed by atoms with Crippen LogP contribution in [0.3, 0.4) is 0 Å². The maximum absolute atomic E-state index is 11.6. The van der Waals surface area contributed by atoms with Gasteiger partial charge in [0.05, 0.1) is 6.54 Å². The van der Waals surface area contributed by atoms with Gasteiger partial charge in [-0.15, -0.1) is 0 Å². The first-order chi connectivity index (χ1) is 9.24. The second-order valence-electron chi connectivity index (χ2n) is 6.10. The third-order valence-corrected chi connectivity index (χ3v) is 2.90. The van der Waals surface area contributed by atoms with E-state index in [1.165, 1.54) is 0 Å². The number of amides is 1. The number of alkyl carbamates (subject to hydrolysis) is 1. The minimum atomic E-state index is -0.515. The number of carbonyl (C=O) groups excluding carboxylic acids is 1. The number of fused-ring (bicyclic) bond motifs is 1. The van der Waals surface area contributed by atoms with Crippen LogP contribution in [-0.4, -0.2) is 29.4 Å². The lowest BCUT2D eigenvalue weighted by atomic mass is 10.1. The van der Waals surface area contributed by atoms with Crippen molar-refractivity contribution in [2.75, 3.05) is 6.54 Å². The first kappa shape index (κ1) is 14.5. The Morgan fingerprint density at radius 2 is 2.20 bits per heavy atom. The van der Waals surface area contributed by atoms with E-state index in [1.54, 1.807) is 6.07 Å². The molecule has 5 heteroatoms. The first-order valence-corrected chi connectivity index (χ1v) is 6.70. The number of ether oxygens (including phenoxy) is 2. The molecule has 1 amide bonds. The number of hydrogen-bond donors (Lipinski definition) is 2. The van der Waals surface area contributed by atoms with Crippen LogP contribution in [-0.2, 0) is 11.2 Å². The van der Waals surface area contributed by atoms with Gasteiger partial charge < -0.3 is 19.9 Å². The van der Waals surface area contributed by atoms with Crippen molar-refractivity contribution in [2.45, 2.75) is 45.8 Å². The van der Waals surface area contributed by atoms with Gasteiger partial charge in [-0.3, -0.25) is 0 Å². The van der Waals surface area contributed by atoms with Gasteiger partial charge in [-0.25, -0.2) is 4.79 Å². The Kier molecular flexibility index (Phi) is 3.79. The second-order valence-corrected chi connectivity index (χ2v) is 6.10. The summed E-state index contributed by atoms with van der Waals surface area (Å²) in [5.41, 5.74) is 1.45. The van der Waals surface area contributed by atoms with Gasteiger partial charge in [0.25, 0.3) is 0 Å². The van der Waals surface area contributed by atoms with Crippen molar-refractivity contribution in [1.82, 2.24) is 5.32 Å². The van der Waals surface area contributed by atoms with Gasteiger partial charge in [-0.2, -0.15) is 0 Å².